The summed E-state index contributed by atoms with van der Waals surface area (Å²) in [7, 11) is 0. The van der Waals surface area contributed by atoms with E-state index in [1.165, 1.54) is 6.08 Å². The van der Waals surface area contributed by atoms with Gasteiger partial charge in [0.2, 0.25) is 0 Å². The zero-order valence-corrected chi connectivity index (χ0v) is 15.0. The smallest absolute Gasteiger partial charge is 0.267 e. The highest BCUT2D eigenvalue weighted by Crippen LogP contribution is 2.21. The van der Waals surface area contributed by atoms with Crippen molar-refractivity contribution in [3.05, 3.63) is 59.4 Å². The number of carbonyl (C=O) groups is 2. The minimum absolute atomic E-state index is 0.313. The summed E-state index contributed by atoms with van der Waals surface area (Å²) in [5.41, 5.74) is 8.94. The molecular formula is C20H23N3O3. The van der Waals surface area contributed by atoms with Crippen molar-refractivity contribution in [1.82, 2.24) is 15.4 Å². The van der Waals surface area contributed by atoms with E-state index in [0.29, 0.717) is 13.0 Å². The fraction of sp³-hybridized carbons (Fsp3) is 0.300. The van der Waals surface area contributed by atoms with E-state index in [1.807, 2.05) is 50.2 Å². The molecule has 1 aromatic heterocycles. The number of para-hydroxylation sites is 1. The highest BCUT2D eigenvalue weighted by Gasteiger charge is 2.23. The summed E-state index contributed by atoms with van der Waals surface area (Å²) in [6.45, 7) is 4.62. The molecule has 0 spiro atoms. The molecule has 1 aliphatic heterocycles. The van der Waals surface area contributed by atoms with Crippen molar-refractivity contribution in [2.24, 2.45) is 0 Å². The van der Waals surface area contributed by atoms with Gasteiger partial charge in [-0.1, -0.05) is 18.2 Å². The number of hydrogen-bond acceptors (Lipinski definition) is 3. The van der Waals surface area contributed by atoms with Crippen LogP contribution in [0.4, 0.5) is 0 Å². The first-order valence-corrected chi connectivity index (χ1v) is 8.70. The Morgan fingerprint density at radius 2 is 1.96 bits per heavy atom. The molecule has 26 heavy (non-hydrogen) atoms. The molecule has 3 rings (SSSR count). The van der Waals surface area contributed by atoms with Crippen LogP contribution in [0.5, 0.6) is 0 Å². The van der Waals surface area contributed by atoms with Gasteiger partial charge in [0.15, 0.2) is 0 Å². The van der Waals surface area contributed by atoms with Gasteiger partial charge in [-0.25, -0.2) is 0 Å². The third-order valence-corrected chi connectivity index (χ3v) is 4.43. The van der Waals surface area contributed by atoms with Crippen molar-refractivity contribution in [2.75, 3.05) is 6.61 Å². The molecule has 2 heterocycles. The van der Waals surface area contributed by atoms with Crippen LogP contribution in [0.15, 0.2) is 42.5 Å². The number of ether oxygens (including phenoxy) is 1. The molecule has 2 aromatic rings. The van der Waals surface area contributed by atoms with Crippen LogP contribution in [0, 0.1) is 13.8 Å². The summed E-state index contributed by atoms with van der Waals surface area (Å²) >= 11 is 0. The fourth-order valence-corrected chi connectivity index (χ4v) is 3.13. The molecule has 1 unspecified atom stereocenters. The van der Waals surface area contributed by atoms with E-state index in [9.17, 15) is 9.59 Å². The van der Waals surface area contributed by atoms with Gasteiger partial charge in [0, 0.05) is 29.8 Å². The van der Waals surface area contributed by atoms with Crippen LogP contribution < -0.4 is 10.9 Å². The van der Waals surface area contributed by atoms with Gasteiger partial charge < -0.3 is 9.30 Å². The van der Waals surface area contributed by atoms with E-state index < -0.39 is 6.10 Å². The lowest BCUT2D eigenvalue weighted by molar-refractivity contribution is -0.133. The maximum Gasteiger partial charge on any atom is 0.267 e. The van der Waals surface area contributed by atoms with Crippen molar-refractivity contribution in [3.8, 4) is 5.69 Å². The normalized spacial score (nSPS) is 16.8. The van der Waals surface area contributed by atoms with Crippen molar-refractivity contribution >= 4 is 17.9 Å². The van der Waals surface area contributed by atoms with Gasteiger partial charge in [0.25, 0.3) is 11.8 Å². The van der Waals surface area contributed by atoms with Gasteiger partial charge >= 0.3 is 0 Å². The lowest BCUT2D eigenvalue weighted by Crippen LogP contribution is -2.45. The molecule has 1 saturated heterocycles. The maximum atomic E-state index is 11.9. The van der Waals surface area contributed by atoms with Crippen molar-refractivity contribution in [1.29, 1.82) is 0 Å². The Morgan fingerprint density at radius 1 is 1.19 bits per heavy atom. The van der Waals surface area contributed by atoms with E-state index in [1.54, 1.807) is 6.08 Å². The van der Waals surface area contributed by atoms with E-state index in [2.05, 4.69) is 15.4 Å². The first-order chi connectivity index (χ1) is 12.6. The molecule has 136 valence electrons. The molecule has 1 fully saturated rings. The molecule has 0 radical (unpaired) electrons. The topological polar surface area (TPSA) is 72.4 Å². The molecule has 1 aromatic carbocycles. The number of hydrogen-bond donors (Lipinski definition) is 2. The summed E-state index contributed by atoms with van der Waals surface area (Å²) in [5.74, 6) is -0.702. The van der Waals surface area contributed by atoms with Crippen LogP contribution in [0.2, 0.25) is 0 Å². The van der Waals surface area contributed by atoms with Crippen LogP contribution >= 0.6 is 0 Å². The minimum Gasteiger partial charge on any atom is -0.368 e. The van der Waals surface area contributed by atoms with Crippen LogP contribution in [0.3, 0.4) is 0 Å². The van der Waals surface area contributed by atoms with Crippen LogP contribution in [-0.4, -0.2) is 29.1 Å². The fourth-order valence-electron chi connectivity index (χ4n) is 3.13. The predicted octanol–water partition coefficient (Wildman–Crippen LogP) is 2.43. The van der Waals surface area contributed by atoms with Gasteiger partial charge in [0.1, 0.15) is 6.10 Å². The highest BCUT2D eigenvalue weighted by molar-refractivity contribution is 5.93. The largest absolute Gasteiger partial charge is 0.368 e. The molecule has 0 saturated carbocycles. The molecular weight excluding hydrogens is 330 g/mol. The Morgan fingerprint density at radius 3 is 2.65 bits per heavy atom. The number of rotatable bonds is 4. The standard InChI is InChI=1S/C20H23N3O3/c1-14-13-16(15(2)23(14)17-7-4-3-5-8-17)10-11-19(24)21-22-20(25)18-9-6-12-26-18/h3-5,7-8,10-11,13,18H,6,9,12H2,1-2H3,(H,21,24)(H,22,25)/b11-10+. The summed E-state index contributed by atoms with van der Waals surface area (Å²) in [5, 5.41) is 0. The Labute approximate surface area is 152 Å². The number of nitrogens with one attached hydrogen (secondary N) is 2. The number of hydrazine groups is 1. The average Bonchev–Trinajstić information content (AvgIpc) is 3.27. The second kappa shape index (κ2) is 8.01. The quantitative estimate of drug-likeness (QED) is 0.655. The van der Waals surface area contributed by atoms with E-state index in [0.717, 1.165) is 29.1 Å². The van der Waals surface area contributed by atoms with Gasteiger partial charge in [-0.15, -0.1) is 0 Å². The average molecular weight is 353 g/mol. The highest BCUT2D eigenvalue weighted by atomic mass is 16.5. The van der Waals surface area contributed by atoms with Gasteiger partial charge in [0.05, 0.1) is 0 Å². The van der Waals surface area contributed by atoms with Gasteiger partial charge in [-0.2, -0.15) is 0 Å². The Bertz CT molecular complexity index is 818. The van der Waals surface area contributed by atoms with E-state index >= 15 is 0 Å². The van der Waals surface area contributed by atoms with Crippen LogP contribution in [0.1, 0.15) is 29.8 Å². The lowest BCUT2D eigenvalue weighted by Gasteiger charge is -2.10. The minimum atomic E-state index is -0.468. The lowest BCUT2D eigenvalue weighted by atomic mass is 10.2. The molecule has 1 aliphatic rings. The SMILES string of the molecule is Cc1cc(/C=C/C(=O)NNC(=O)C2CCCO2)c(C)n1-c1ccccc1. The van der Waals surface area contributed by atoms with Gasteiger partial charge in [-0.3, -0.25) is 20.4 Å². The number of nitrogens with zero attached hydrogens (tertiary/aromatic N) is 1. The summed E-state index contributed by atoms with van der Waals surface area (Å²) < 4.78 is 7.40. The summed E-state index contributed by atoms with van der Waals surface area (Å²) in [4.78, 5) is 23.8. The van der Waals surface area contributed by atoms with Crippen LogP contribution in [0.25, 0.3) is 11.8 Å². The molecule has 2 amide bonds. The second-order valence-electron chi connectivity index (χ2n) is 6.31. The molecule has 0 aliphatic carbocycles. The van der Waals surface area contributed by atoms with Gasteiger partial charge in [-0.05, 0) is 56.5 Å². The first kappa shape index (κ1) is 17.9. The zero-order valence-electron chi connectivity index (χ0n) is 15.0. The number of amides is 2. The maximum absolute atomic E-state index is 11.9. The molecule has 6 heteroatoms. The number of aryl methyl sites for hydroxylation is 1. The number of carbonyl (C=O) groups excluding carboxylic acids is 2. The molecule has 0 bridgehead atoms. The van der Waals surface area contributed by atoms with E-state index in [-0.39, 0.29) is 11.8 Å². The van der Waals surface area contributed by atoms with E-state index in [4.69, 9.17) is 4.74 Å². The Hall–Kier alpha value is -2.86. The zero-order chi connectivity index (χ0) is 18.5. The summed E-state index contributed by atoms with van der Waals surface area (Å²) in [6, 6.07) is 12.1. The Kier molecular flexibility index (Phi) is 5.53. The first-order valence-electron chi connectivity index (χ1n) is 8.70. The van der Waals surface area contributed by atoms with Crippen molar-refractivity contribution in [3.63, 3.8) is 0 Å². The molecule has 2 N–H and O–H groups in total. The third kappa shape index (κ3) is 4.03. The van der Waals surface area contributed by atoms with Crippen molar-refractivity contribution in [2.45, 2.75) is 32.8 Å². The molecule has 6 nitrogen and oxygen atoms in total. The monoisotopic (exact) mass is 353 g/mol. The van der Waals surface area contributed by atoms with Crippen molar-refractivity contribution < 1.29 is 14.3 Å². The Balaban J connectivity index is 1.63. The van der Waals surface area contributed by atoms with Crippen LogP contribution in [-0.2, 0) is 14.3 Å². The molecule has 1 atom stereocenters. The number of benzene rings is 1. The summed E-state index contributed by atoms with van der Waals surface area (Å²) in [6.07, 6.45) is 4.23. The third-order valence-electron chi connectivity index (χ3n) is 4.43. The second-order valence-corrected chi connectivity index (χ2v) is 6.31. The predicted molar refractivity (Wildman–Crippen MR) is 99.5 cm³/mol. The number of aromatic nitrogens is 1.